The Hall–Kier alpha value is -1.04. The predicted molar refractivity (Wildman–Crippen MR) is 75.3 cm³/mol. The van der Waals surface area contributed by atoms with Crippen molar-refractivity contribution in [3.8, 4) is 17.0 Å². The highest BCUT2D eigenvalue weighted by atomic mass is 127. The van der Waals surface area contributed by atoms with Crippen molar-refractivity contribution in [1.82, 2.24) is 9.78 Å². The Morgan fingerprint density at radius 2 is 2.06 bits per heavy atom. The third-order valence-corrected chi connectivity index (χ3v) is 4.27. The van der Waals surface area contributed by atoms with E-state index in [1.54, 1.807) is 7.11 Å². The van der Waals surface area contributed by atoms with Gasteiger partial charge in [-0.2, -0.15) is 5.10 Å². The van der Waals surface area contributed by atoms with E-state index in [1.807, 2.05) is 12.1 Å². The Morgan fingerprint density at radius 3 is 2.71 bits per heavy atom. The van der Waals surface area contributed by atoms with Gasteiger partial charge < -0.3 is 4.74 Å². The highest BCUT2D eigenvalue weighted by Crippen LogP contribution is 2.31. The fraction of sp³-hybridized carbons (Fsp3) is 0.308. The minimum atomic E-state index is 0.885. The van der Waals surface area contributed by atoms with Gasteiger partial charge in [-0.3, -0.25) is 4.68 Å². The minimum Gasteiger partial charge on any atom is -0.497 e. The molecule has 1 aromatic heterocycles. The third kappa shape index (κ3) is 1.84. The van der Waals surface area contributed by atoms with Crippen LogP contribution in [0.25, 0.3) is 11.3 Å². The summed E-state index contributed by atoms with van der Waals surface area (Å²) in [6.07, 6.45) is 2.38. The van der Waals surface area contributed by atoms with Gasteiger partial charge in [-0.15, -0.1) is 0 Å². The van der Waals surface area contributed by atoms with Gasteiger partial charge in [0.2, 0.25) is 0 Å². The Kier molecular flexibility index (Phi) is 2.82. The van der Waals surface area contributed by atoms with E-state index in [2.05, 4.69) is 44.5 Å². The quantitative estimate of drug-likeness (QED) is 0.786. The number of aromatic nitrogens is 2. The number of hydrogen-bond acceptors (Lipinski definition) is 2. The molecule has 0 saturated carbocycles. The average Bonchev–Trinajstić information content (AvgIpc) is 2.93. The van der Waals surface area contributed by atoms with Crippen molar-refractivity contribution in [3.05, 3.63) is 33.5 Å². The zero-order valence-electron chi connectivity index (χ0n) is 9.61. The molecule has 4 heteroatoms. The van der Waals surface area contributed by atoms with Gasteiger partial charge in [-0.05, 0) is 59.7 Å². The van der Waals surface area contributed by atoms with Crippen LogP contribution in [0.15, 0.2) is 24.3 Å². The van der Waals surface area contributed by atoms with Crippen molar-refractivity contribution < 1.29 is 4.74 Å². The van der Waals surface area contributed by atoms with Gasteiger partial charge in [0.1, 0.15) is 11.4 Å². The molecule has 0 spiro atoms. The van der Waals surface area contributed by atoms with Gasteiger partial charge in [0.25, 0.3) is 0 Å². The molecule has 17 heavy (non-hydrogen) atoms. The first-order valence-corrected chi connectivity index (χ1v) is 6.77. The fourth-order valence-corrected chi connectivity index (χ4v) is 3.20. The van der Waals surface area contributed by atoms with Crippen LogP contribution in [0.3, 0.4) is 0 Å². The highest BCUT2D eigenvalue weighted by molar-refractivity contribution is 14.1. The molecule has 1 aliphatic rings. The molecular formula is C13H13IN2O. The smallest absolute Gasteiger partial charge is 0.118 e. The Morgan fingerprint density at radius 1 is 1.29 bits per heavy atom. The Bertz CT molecular complexity index is 545. The van der Waals surface area contributed by atoms with Crippen LogP contribution in [0.1, 0.15) is 12.1 Å². The summed E-state index contributed by atoms with van der Waals surface area (Å²) in [6.45, 7) is 1.06. The van der Waals surface area contributed by atoms with Gasteiger partial charge in [0.15, 0.2) is 0 Å². The summed E-state index contributed by atoms with van der Waals surface area (Å²) >= 11 is 2.41. The molecule has 1 aliphatic heterocycles. The SMILES string of the molecule is COc1ccc(-c2nn3c(c2I)CCC3)cc1. The van der Waals surface area contributed by atoms with E-state index in [9.17, 15) is 0 Å². The molecular weight excluding hydrogens is 327 g/mol. The average molecular weight is 340 g/mol. The predicted octanol–water partition coefficient (Wildman–Crippen LogP) is 3.11. The van der Waals surface area contributed by atoms with Crippen LogP contribution in [0.2, 0.25) is 0 Å². The fourth-order valence-electron chi connectivity index (χ4n) is 2.23. The van der Waals surface area contributed by atoms with E-state index in [1.165, 1.54) is 15.7 Å². The maximum absolute atomic E-state index is 5.17. The summed E-state index contributed by atoms with van der Waals surface area (Å²) in [5.41, 5.74) is 3.65. The van der Waals surface area contributed by atoms with E-state index >= 15 is 0 Å². The van der Waals surface area contributed by atoms with Crippen LogP contribution in [0.5, 0.6) is 5.75 Å². The minimum absolute atomic E-state index is 0.885. The molecule has 1 aromatic carbocycles. The van der Waals surface area contributed by atoms with Crippen LogP contribution in [-0.2, 0) is 13.0 Å². The van der Waals surface area contributed by atoms with Crippen molar-refractivity contribution in [1.29, 1.82) is 0 Å². The lowest BCUT2D eigenvalue weighted by Crippen LogP contribution is -1.94. The molecule has 2 heterocycles. The van der Waals surface area contributed by atoms with Crippen LogP contribution in [-0.4, -0.2) is 16.9 Å². The van der Waals surface area contributed by atoms with Crippen LogP contribution >= 0.6 is 22.6 Å². The second-order valence-corrected chi connectivity index (χ2v) is 5.24. The first kappa shape index (κ1) is 11.1. The summed E-state index contributed by atoms with van der Waals surface area (Å²) in [5, 5.41) is 4.68. The monoisotopic (exact) mass is 340 g/mol. The molecule has 0 saturated heterocycles. The Balaban J connectivity index is 2.03. The second-order valence-electron chi connectivity index (χ2n) is 4.16. The van der Waals surface area contributed by atoms with Crippen LogP contribution in [0, 0.1) is 3.57 Å². The number of benzene rings is 1. The highest BCUT2D eigenvalue weighted by Gasteiger charge is 2.20. The first-order chi connectivity index (χ1) is 8.29. The summed E-state index contributed by atoms with van der Waals surface area (Å²) in [6, 6.07) is 8.10. The molecule has 2 aromatic rings. The van der Waals surface area contributed by atoms with Gasteiger partial charge in [0.05, 0.1) is 16.4 Å². The molecule has 3 nitrogen and oxygen atoms in total. The molecule has 0 fully saturated rings. The lowest BCUT2D eigenvalue weighted by Gasteiger charge is -2.01. The van der Waals surface area contributed by atoms with Crippen molar-refractivity contribution in [2.45, 2.75) is 19.4 Å². The largest absolute Gasteiger partial charge is 0.497 e. The lowest BCUT2D eigenvalue weighted by molar-refractivity contribution is 0.415. The van der Waals surface area contributed by atoms with E-state index in [4.69, 9.17) is 4.74 Å². The van der Waals surface area contributed by atoms with Gasteiger partial charge in [-0.25, -0.2) is 0 Å². The number of ether oxygens (including phenoxy) is 1. The number of halogens is 1. The number of aryl methyl sites for hydroxylation is 1. The molecule has 0 unspecified atom stereocenters. The van der Waals surface area contributed by atoms with Gasteiger partial charge in [-0.1, -0.05) is 0 Å². The van der Waals surface area contributed by atoms with Crippen molar-refractivity contribution in [3.63, 3.8) is 0 Å². The van der Waals surface area contributed by atoms with Crippen LogP contribution < -0.4 is 4.74 Å². The molecule has 0 bridgehead atoms. The molecule has 0 amide bonds. The maximum Gasteiger partial charge on any atom is 0.118 e. The zero-order valence-corrected chi connectivity index (χ0v) is 11.8. The number of hydrogen-bond donors (Lipinski definition) is 0. The first-order valence-electron chi connectivity index (χ1n) is 5.69. The molecule has 0 N–H and O–H groups in total. The molecule has 0 atom stereocenters. The summed E-state index contributed by atoms with van der Waals surface area (Å²) in [7, 11) is 1.68. The van der Waals surface area contributed by atoms with E-state index in [-0.39, 0.29) is 0 Å². The summed E-state index contributed by atoms with van der Waals surface area (Å²) in [4.78, 5) is 0. The van der Waals surface area contributed by atoms with Crippen molar-refractivity contribution in [2.75, 3.05) is 7.11 Å². The maximum atomic E-state index is 5.17. The van der Waals surface area contributed by atoms with E-state index in [0.29, 0.717) is 0 Å². The van der Waals surface area contributed by atoms with E-state index in [0.717, 1.165) is 30.0 Å². The third-order valence-electron chi connectivity index (χ3n) is 3.14. The lowest BCUT2D eigenvalue weighted by atomic mass is 10.1. The summed E-state index contributed by atoms with van der Waals surface area (Å²) < 4.78 is 8.61. The number of fused-ring (bicyclic) bond motifs is 1. The molecule has 0 radical (unpaired) electrons. The number of rotatable bonds is 2. The molecule has 88 valence electrons. The van der Waals surface area contributed by atoms with Crippen molar-refractivity contribution >= 4 is 22.6 Å². The normalized spacial score (nSPS) is 13.8. The topological polar surface area (TPSA) is 27.1 Å². The van der Waals surface area contributed by atoms with Gasteiger partial charge in [0, 0.05) is 12.1 Å². The molecule has 3 rings (SSSR count). The summed E-state index contributed by atoms with van der Waals surface area (Å²) in [5.74, 6) is 0.885. The second kappa shape index (κ2) is 4.33. The molecule has 0 aliphatic carbocycles. The van der Waals surface area contributed by atoms with Crippen LogP contribution in [0.4, 0.5) is 0 Å². The zero-order chi connectivity index (χ0) is 11.8. The van der Waals surface area contributed by atoms with Crippen molar-refractivity contribution in [2.24, 2.45) is 0 Å². The van der Waals surface area contributed by atoms with E-state index < -0.39 is 0 Å². The standard InChI is InChI=1S/C13H13IN2O/c1-17-10-6-4-9(5-7-10)13-12(14)11-3-2-8-16(11)15-13/h4-7H,2-3,8H2,1H3. The number of methoxy groups -OCH3 is 1. The number of nitrogens with zero attached hydrogens (tertiary/aromatic N) is 2. The Labute approximate surface area is 114 Å². The van der Waals surface area contributed by atoms with Gasteiger partial charge >= 0.3 is 0 Å².